The number of fused-ring (bicyclic) bond motifs is 1. The highest BCUT2D eigenvalue weighted by Crippen LogP contribution is 2.37. The van der Waals surface area contributed by atoms with Gasteiger partial charge in [-0.2, -0.15) is 0 Å². The summed E-state index contributed by atoms with van der Waals surface area (Å²) < 4.78 is 0. The lowest BCUT2D eigenvalue weighted by molar-refractivity contribution is -0.116. The number of anilines is 3. The highest BCUT2D eigenvalue weighted by atomic mass is 16.4. The van der Waals surface area contributed by atoms with Gasteiger partial charge in [0.25, 0.3) is 5.91 Å². The first-order valence-corrected chi connectivity index (χ1v) is 12.1. The molecule has 0 spiro atoms. The molecule has 4 rings (SSSR count). The first-order chi connectivity index (χ1) is 17.5. The van der Waals surface area contributed by atoms with Gasteiger partial charge in [0.2, 0.25) is 5.91 Å². The minimum Gasteiger partial charge on any atom is -0.478 e. The lowest BCUT2D eigenvalue weighted by atomic mass is 9.94. The quantitative estimate of drug-likeness (QED) is 0.311. The average molecular weight is 495 g/mol. The van der Waals surface area contributed by atoms with Crippen LogP contribution in [-0.2, 0) is 4.79 Å². The molecule has 0 radical (unpaired) electrons. The van der Waals surface area contributed by atoms with Gasteiger partial charge in [-0.15, -0.1) is 0 Å². The fourth-order valence-electron chi connectivity index (χ4n) is 4.85. The summed E-state index contributed by atoms with van der Waals surface area (Å²) in [7, 11) is 0. The highest BCUT2D eigenvalue weighted by molar-refractivity contribution is 6.26. The van der Waals surface area contributed by atoms with Crippen LogP contribution in [0.25, 0.3) is 10.8 Å². The maximum atomic E-state index is 14.1. The van der Waals surface area contributed by atoms with Crippen LogP contribution in [0.2, 0.25) is 0 Å². The molecule has 0 unspecified atom stereocenters. The second-order valence-electron chi connectivity index (χ2n) is 9.50. The predicted octanol–water partition coefficient (Wildman–Crippen LogP) is 7.02. The van der Waals surface area contributed by atoms with E-state index in [-0.39, 0.29) is 11.1 Å². The Morgan fingerprint density at radius 2 is 1.32 bits per heavy atom. The second kappa shape index (κ2) is 9.90. The van der Waals surface area contributed by atoms with Crippen LogP contribution in [0.1, 0.15) is 55.5 Å². The Balaban J connectivity index is 2.05. The molecule has 188 valence electrons. The van der Waals surface area contributed by atoms with Crippen LogP contribution in [-0.4, -0.2) is 22.9 Å². The van der Waals surface area contributed by atoms with E-state index < -0.39 is 17.8 Å². The summed E-state index contributed by atoms with van der Waals surface area (Å²) in [6.07, 6.45) is 0. The van der Waals surface area contributed by atoms with E-state index >= 15 is 0 Å². The van der Waals surface area contributed by atoms with Gasteiger partial charge in [-0.25, -0.2) is 9.69 Å². The van der Waals surface area contributed by atoms with Crippen molar-refractivity contribution in [2.45, 2.75) is 41.5 Å². The molecule has 0 aromatic heterocycles. The number of rotatable bonds is 5. The summed E-state index contributed by atoms with van der Waals surface area (Å²) in [5, 5.41) is 15.2. The van der Waals surface area contributed by atoms with Crippen molar-refractivity contribution in [1.29, 1.82) is 0 Å². The number of benzene rings is 4. The van der Waals surface area contributed by atoms with Crippen LogP contribution in [0.15, 0.2) is 60.7 Å². The van der Waals surface area contributed by atoms with E-state index in [0.29, 0.717) is 22.1 Å². The van der Waals surface area contributed by atoms with Gasteiger partial charge in [-0.3, -0.25) is 9.59 Å². The molecule has 0 atom stereocenters. The zero-order chi connectivity index (χ0) is 27.0. The van der Waals surface area contributed by atoms with Gasteiger partial charge in [-0.05, 0) is 74.4 Å². The molecule has 0 fully saturated rings. The molecule has 0 aliphatic carbocycles. The minimum atomic E-state index is -1.26. The van der Waals surface area contributed by atoms with E-state index in [4.69, 9.17) is 0 Å². The third-order valence-corrected chi connectivity index (χ3v) is 6.65. The minimum absolute atomic E-state index is 0.0598. The Morgan fingerprint density at radius 3 is 1.86 bits per heavy atom. The molecule has 0 saturated carbocycles. The van der Waals surface area contributed by atoms with Crippen molar-refractivity contribution in [3.63, 3.8) is 0 Å². The summed E-state index contributed by atoms with van der Waals surface area (Å²) >= 11 is 0. The molecule has 4 aromatic rings. The van der Waals surface area contributed by atoms with Gasteiger partial charge < -0.3 is 10.4 Å². The number of aryl methyl sites for hydroxylation is 5. The molecule has 6 heteroatoms. The summed E-state index contributed by atoms with van der Waals surface area (Å²) in [6, 6.07) is 18.6. The molecule has 2 N–H and O–H groups in total. The van der Waals surface area contributed by atoms with E-state index in [1.807, 2.05) is 89.2 Å². The number of carboxylic acids is 1. The average Bonchev–Trinajstić information content (AvgIpc) is 2.82. The molecule has 6 nitrogen and oxygen atoms in total. The van der Waals surface area contributed by atoms with E-state index in [2.05, 4.69) is 5.32 Å². The Labute approximate surface area is 216 Å². The van der Waals surface area contributed by atoms with E-state index in [0.717, 1.165) is 38.4 Å². The fraction of sp³-hybridized carbons (Fsp3) is 0.194. The van der Waals surface area contributed by atoms with Crippen molar-refractivity contribution in [1.82, 2.24) is 0 Å². The predicted molar refractivity (Wildman–Crippen MR) is 148 cm³/mol. The smallest absolute Gasteiger partial charge is 0.338 e. The van der Waals surface area contributed by atoms with E-state index in [1.54, 1.807) is 6.07 Å². The van der Waals surface area contributed by atoms with Crippen LogP contribution >= 0.6 is 0 Å². The molecule has 4 aromatic carbocycles. The zero-order valence-corrected chi connectivity index (χ0v) is 21.9. The number of aromatic carboxylic acids is 1. The van der Waals surface area contributed by atoms with Crippen LogP contribution in [0.5, 0.6) is 0 Å². The third-order valence-electron chi connectivity index (χ3n) is 6.65. The Bertz CT molecular complexity index is 1550. The first kappa shape index (κ1) is 25.6. The van der Waals surface area contributed by atoms with Crippen molar-refractivity contribution in [2.75, 3.05) is 10.2 Å². The van der Waals surface area contributed by atoms with Crippen LogP contribution in [0, 0.1) is 34.6 Å². The lowest BCUT2D eigenvalue weighted by Gasteiger charge is -2.25. The normalized spacial score (nSPS) is 10.9. The van der Waals surface area contributed by atoms with E-state index in [9.17, 15) is 19.5 Å². The molecular formula is C31H30N2O4. The number of hydrogen-bond donors (Lipinski definition) is 2. The van der Waals surface area contributed by atoms with Gasteiger partial charge >= 0.3 is 5.97 Å². The van der Waals surface area contributed by atoms with Gasteiger partial charge in [0.05, 0.1) is 22.5 Å². The number of hydrogen-bond acceptors (Lipinski definition) is 4. The third kappa shape index (κ3) is 4.70. The fourth-order valence-corrected chi connectivity index (χ4v) is 4.85. The number of amides is 2. The lowest BCUT2D eigenvalue weighted by Crippen LogP contribution is -2.37. The number of carbonyl (C=O) groups is 3. The molecular weight excluding hydrogens is 464 g/mol. The van der Waals surface area contributed by atoms with Crippen molar-refractivity contribution in [3.05, 3.63) is 99.6 Å². The SMILES string of the molecule is CC(=O)N(C(=O)c1cc2ccc(C)cc2c(Nc2c(C)cccc2C)c1C(=O)O)c1c(C)cccc1C. The molecule has 0 bridgehead atoms. The standard InChI is InChI=1S/C31H30N2O4/c1-17-13-14-23-16-25(30(35)33(22(6)34)29-20(4)11-8-12-21(29)5)26(31(36)37)28(24(23)15-17)32-27-18(2)9-7-10-19(27)3/h7-16,32H,1-6H3,(H,36,37). The topological polar surface area (TPSA) is 86.7 Å². The monoisotopic (exact) mass is 494 g/mol. The van der Waals surface area contributed by atoms with E-state index in [1.165, 1.54) is 6.92 Å². The number of nitrogens with one attached hydrogen (secondary N) is 1. The van der Waals surface area contributed by atoms with Gasteiger partial charge in [0.15, 0.2) is 0 Å². The Hall–Kier alpha value is -4.45. The van der Waals surface area contributed by atoms with Crippen molar-refractivity contribution >= 4 is 45.6 Å². The Kier molecular flexibility index (Phi) is 6.86. The Morgan fingerprint density at radius 1 is 0.757 bits per heavy atom. The summed E-state index contributed by atoms with van der Waals surface area (Å²) in [5.41, 5.74) is 5.63. The number of nitrogens with zero attached hydrogens (tertiary/aromatic N) is 1. The van der Waals surface area contributed by atoms with Crippen molar-refractivity contribution in [3.8, 4) is 0 Å². The molecule has 0 saturated heterocycles. The summed E-state index contributed by atoms with van der Waals surface area (Å²) in [6.45, 7) is 10.8. The highest BCUT2D eigenvalue weighted by Gasteiger charge is 2.31. The summed E-state index contributed by atoms with van der Waals surface area (Å²) in [5.74, 6) is -2.44. The molecule has 0 aliphatic heterocycles. The molecule has 2 amide bonds. The first-order valence-electron chi connectivity index (χ1n) is 12.1. The maximum Gasteiger partial charge on any atom is 0.338 e. The van der Waals surface area contributed by atoms with Gasteiger partial charge in [-0.1, -0.05) is 54.1 Å². The van der Waals surface area contributed by atoms with Crippen LogP contribution in [0.3, 0.4) is 0 Å². The van der Waals surface area contributed by atoms with Crippen molar-refractivity contribution < 1.29 is 19.5 Å². The number of para-hydroxylation sites is 2. The summed E-state index contributed by atoms with van der Waals surface area (Å²) in [4.78, 5) is 40.8. The molecule has 0 aliphatic rings. The van der Waals surface area contributed by atoms with Crippen molar-refractivity contribution in [2.24, 2.45) is 0 Å². The maximum absolute atomic E-state index is 14.1. The largest absolute Gasteiger partial charge is 0.478 e. The second-order valence-corrected chi connectivity index (χ2v) is 9.50. The molecule has 37 heavy (non-hydrogen) atoms. The van der Waals surface area contributed by atoms with Crippen LogP contribution < -0.4 is 10.2 Å². The van der Waals surface area contributed by atoms with Gasteiger partial charge in [0, 0.05) is 18.0 Å². The van der Waals surface area contributed by atoms with Crippen LogP contribution in [0.4, 0.5) is 17.1 Å². The van der Waals surface area contributed by atoms with Gasteiger partial charge in [0.1, 0.15) is 0 Å². The number of carboxylic acid groups (broad SMARTS) is 1. The number of carbonyl (C=O) groups excluding carboxylic acids is 2. The molecule has 0 heterocycles. The number of imide groups is 1. The zero-order valence-electron chi connectivity index (χ0n) is 21.9.